The van der Waals surface area contributed by atoms with E-state index in [1.807, 2.05) is 20.2 Å². The van der Waals surface area contributed by atoms with E-state index < -0.39 is 0 Å². The summed E-state index contributed by atoms with van der Waals surface area (Å²) in [6.45, 7) is 2.64. The van der Waals surface area contributed by atoms with Crippen LogP contribution in [0.3, 0.4) is 0 Å². The third-order valence-corrected chi connectivity index (χ3v) is 3.03. The van der Waals surface area contributed by atoms with Gasteiger partial charge in [0.1, 0.15) is 18.1 Å². The van der Waals surface area contributed by atoms with E-state index in [-0.39, 0.29) is 6.61 Å². The molecule has 0 aliphatic rings. The molecule has 4 nitrogen and oxygen atoms in total. The molecule has 0 aliphatic heterocycles. The molecular formula is C15H20N2O2. The van der Waals surface area contributed by atoms with Crippen molar-refractivity contribution in [2.75, 3.05) is 24.3 Å². The van der Waals surface area contributed by atoms with Crippen molar-refractivity contribution in [3.63, 3.8) is 0 Å². The summed E-state index contributed by atoms with van der Waals surface area (Å²) in [6, 6.07) is 9.93. The minimum Gasteiger partial charge on any atom is -0.462 e. The maximum Gasteiger partial charge on any atom is 0.129 e. The van der Waals surface area contributed by atoms with Crippen molar-refractivity contribution in [1.29, 1.82) is 0 Å². The van der Waals surface area contributed by atoms with Crippen LogP contribution >= 0.6 is 0 Å². The first kappa shape index (κ1) is 13.5. The van der Waals surface area contributed by atoms with Crippen molar-refractivity contribution < 1.29 is 9.52 Å². The lowest BCUT2D eigenvalue weighted by atomic mass is 10.1. The predicted molar refractivity (Wildman–Crippen MR) is 77.5 cm³/mol. The Hall–Kier alpha value is -1.94. The van der Waals surface area contributed by atoms with Crippen LogP contribution in [0.15, 0.2) is 34.7 Å². The van der Waals surface area contributed by atoms with Gasteiger partial charge < -0.3 is 19.7 Å². The van der Waals surface area contributed by atoms with E-state index in [2.05, 4.69) is 35.3 Å². The lowest BCUT2D eigenvalue weighted by molar-refractivity contribution is 0.244. The fraction of sp³-hybridized carbons (Fsp3) is 0.333. The average Bonchev–Trinajstić information content (AvgIpc) is 2.85. The van der Waals surface area contributed by atoms with E-state index >= 15 is 0 Å². The fourth-order valence-corrected chi connectivity index (χ4v) is 1.99. The van der Waals surface area contributed by atoms with Gasteiger partial charge in [-0.1, -0.05) is 6.07 Å². The topological polar surface area (TPSA) is 48.6 Å². The Labute approximate surface area is 113 Å². The normalized spacial score (nSPS) is 10.5. The first-order valence-electron chi connectivity index (χ1n) is 6.30. The molecule has 0 fully saturated rings. The molecule has 0 amide bonds. The maximum atomic E-state index is 8.94. The molecule has 1 aromatic carbocycles. The summed E-state index contributed by atoms with van der Waals surface area (Å²) in [6.07, 6.45) is 0. The fourth-order valence-electron chi connectivity index (χ4n) is 1.99. The van der Waals surface area contributed by atoms with Crippen molar-refractivity contribution in [2.45, 2.75) is 20.1 Å². The molecule has 0 radical (unpaired) electrons. The van der Waals surface area contributed by atoms with Gasteiger partial charge in [0, 0.05) is 25.5 Å². The third kappa shape index (κ3) is 3.29. The predicted octanol–water partition coefficient (Wildman–Crippen LogP) is 2.76. The van der Waals surface area contributed by atoms with Crippen LogP contribution in [-0.2, 0) is 13.2 Å². The third-order valence-electron chi connectivity index (χ3n) is 3.03. The van der Waals surface area contributed by atoms with Gasteiger partial charge in [0.2, 0.25) is 0 Å². The summed E-state index contributed by atoms with van der Waals surface area (Å²) >= 11 is 0. The highest BCUT2D eigenvalue weighted by atomic mass is 16.4. The highest BCUT2D eigenvalue weighted by Crippen LogP contribution is 2.23. The van der Waals surface area contributed by atoms with Gasteiger partial charge in [-0.15, -0.1) is 0 Å². The molecule has 0 bridgehead atoms. The van der Waals surface area contributed by atoms with Crippen molar-refractivity contribution >= 4 is 11.4 Å². The van der Waals surface area contributed by atoms with Crippen molar-refractivity contribution in [1.82, 2.24) is 0 Å². The lowest BCUT2D eigenvalue weighted by Gasteiger charge is -2.17. The molecule has 1 heterocycles. The number of rotatable bonds is 5. The second kappa shape index (κ2) is 5.80. The summed E-state index contributed by atoms with van der Waals surface area (Å²) < 4.78 is 5.43. The number of aliphatic hydroxyl groups excluding tert-OH is 1. The van der Waals surface area contributed by atoms with E-state index in [9.17, 15) is 0 Å². The number of aryl methyl sites for hydroxylation is 1. The number of furan rings is 1. The van der Waals surface area contributed by atoms with Crippen LogP contribution in [0.4, 0.5) is 11.4 Å². The van der Waals surface area contributed by atoms with Gasteiger partial charge in [-0.2, -0.15) is 0 Å². The quantitative estimate of drug-likeness (QED) is 0.868. The van der Waals surface area contributed by atoms with Gasteiger partial charge in [0.05, 0.1) is 6.54 Å². The van der Waals surface area contributed by atoms with Gasteiger partial charge in [0.25, 0.3) is 0 Å². The van der Waals surface area contributed by atoms with Crippen molar-refractivity contribution in [2.24, 2.45) is 0 Å². The van der Waals surface area contributed by atoms with Crippen LogP contribution in [0.1, 0.15) is 17.1 Å². The van der Waals surface area contributed by atoms with E-state index in [0.29, 0.717) is 12.3 Å². The molecule has 0 saturated carbocycles. The van der Waals surface area contributed by atoms with E-state index in [0.717, 1.165) is 11.4 Å². The number of aliphatic hydroxyl groups is 1. The number of nitrogens with one attached hydrogen (secondary N) is 1. The summed E-state index contributed by atoms with van der Waals surface area (Å²) in [5.41, 5.74) is 3.49. The Bertz CT molecular complexity index is 547. The molecule has 1 aromatic heterocycles. The Balaban J connectivity index is 2.05. The summed E-state index contributed by atoms with van der Waals surface area (Å²) in [7, 11) is 4.07. The second-order valence-corrected chi connectivity index (χ2v) is 4.78. The van der Waals surface area contributed by atoms with E-state index in [4.69, 9.17) is 9.52 Å². The number of nitrogens with zero attached hydrogens (tertiary/aromatic N) is 1. The van der Waals surface area contributed by atoms with Gasteiger partial charge >= 0.3 is 0 Å². The second-order valence-electron chi connectivity index (χ2n) is 4.78. The summed E-state index contributed by atoms with van der Waals surface area (Å²) in [5.74, 6) is 1.41. The van der Waals surface area contributed by atoms with Crippen LogP contribution in [-0.4, -0.2) is 19.2 Å². The average molecular weight is 260 g/mol. The Kier molecular flexibility index (Phi) is 4.12. The van der Waals surface area contributed by atoms with Crippen molar-refractivity contribution in [3.05, 3.63) is 47.4 Å². The van der Waals surface area contributed by atoms with Gasteiger partial charge in [-0.25, -0.2) is 0 Å². The van der Waals surface area contributed by atoms with Crippen LogP contribution < -0.4 is 10.2 Å². The number of hydrogen-bond donors (Lipinski definition) is 2. The first-order chi connectivity index (χ1) is 9.10. The Morgan fingerprint density at radius 2 is 1.89 bits per heavy atom. The molecule has 2 rings (SSSR count). The molecular weight excluding hydrogens is 240 g/mol. The minimum absolute atomic E-state index is 0.0602. The standard InChI is InChI=1S/C15H20N2O2/c1-11-4-5-12(8-15(11)17(2)3)16-9-13-6-7-14(10-18)19-13/h4-8,16,18H,9-10H2,1-3H3. The van der Waals surface area contributed by atoms with Crippen LogP contribution in [0, 0.1) is 6.92 Å². The summed E-state index contributed by atoms with van der Waals surface area (Å²) in [4.78, 5) is 2.09. The van der Waals surface area contributed by atoms with Gasteiger partial charge in [0.15, 0.2) is 0 Å². The van der Waals surface area contributed by atoms with Crippen LogP contribution in [0.25, 0.3) is 0 Å². The lowest BCUT2D eigenvalue weighted by Crippen LogP contribution is -2.10. The number of anilines is 2. The highest BCUT2D eigenvalue weighted by Gasteiger charge is 2.04. The largest absolute Gasteiger partial charge is 0.462 e. The van der Waals surface area contributed by atoms with Crippen LogP contribution in [0.5, 0.6) is 0 Å². The Morgan fingerprint density at radius 1 is 1.16 bits per heavy atom. The zero-order valence-corrected chi connectivity index (χ0v) is 11.6. The molecule has 0 unspecified atom stereocenters. The summed E-state index contributed by atoms with van der Waals surface area (Å²) in [5, 5.41) is 12.3. The molecule has 0 spiro atoms. The molecule has 0 saturated heterocycles. The highest BCUT2D eigenvalue weighted by molar-refractivity contribution is 5.61. The van der Waals surface area contributed by atoms with Gasteiger partial charge in [-0.05, 0) is 36.8 Å². The van der Waals surface area contributed by atoms with Crippen LogP contribution in [0.2, 0.25) is 0 Å². The SMILES string of the molecule is Cc1ccc(NCc2ccc(CO)o2)cc1N(C)C. The minimum atomic E-state index is -0.0602. The molecule has 2 N–H and O–H groups in total. The smallest absolute Gasteiger partial charge is 0.129 e. The van der Waals surface area contributed by atoms with Crippen molar-refractivity contribution in [3.8, 4) is 0 Å². The zero-order valence-electron chi connectivity index (χ0n) is 11.6. The van der Waals surface area contributed by atoms with E-state index in [1.165, 1.54) is 11.3 Å². The van der Waals surface area contributed by atoms with E-state index in [1.54, 1.807) is 6.07 Å². The van der Waals surface area contributed by atoms with Gasteiger partial charge in [-0.3, -0.25) is 0 Å². The Morgan fingerprint density at radius 3 is 2.53 bits per heavy atom. The molecule has 2 aromatic rings. The number of hydrogen-bond acceptors (Lipinski definition) is 4. The molecule has 4 heteroatoms. The zero-order chi connectivity index (χ0) is 13.8. The molecule has 19 heavy (non-hydrogen) atoms. The number of benzene rings is 1. The monoisotopic (exact) mass is 260 g/mol. The molecule has 0 atom stereocenters. The molecule has 102 valence electrons. The first-order valence-corrected chi connectivity index (χ1v) is 6.30. The molecule has 0 aliphatic carbocycles. The maximum absolute atomic E-state index is 8.94.